The van der Waals surface area contributed by atoms with Gasteiger partial charge >= 0.3 is 0 Å². The number of fused-ring (bicyclic) bond motifs is 1. The molecule has 0 aliphatic heterocycles. The Morgan fingerprint density at radius 2 is 2.00 bits per heavy atom. The van der Waals surface area contributed by atoms with Crippen LogP contribution < -0.4 is 15.4 Å². The number of benzene rings is 2. The Morgan fingerprint density at radius 3 is 2.71 bits per heavy atom. The zero-order chi connectivity index (χ0) is 24.7. The molecule has 0 spiro atoms. The Kier molecular flexibility index (Phi) is 8.67. The van der Waals surface area contributed by atoms with Crippen molar-refractivity contribution in [2.45, 2.75) is 12.8 Å². The predicted octanol–water partition coefficient (Wildman–Crippen LogP) is 4.69. The molecule has 0 fully saturated rings. The summed E-state index contributed by atoms with van der Waals surface area (Å²) in [6.07, 6.45) is 3.41. The number of aromatic nitrogens is 2. The average Bonchev–Trinajstić information content (AvgIpc) is 2.78. The molecule has 2 N–H and O–H groups in total. The Morgan fingerprint density at radius 1 is 1.21 bits per heavy atom. The summed E-state index contributed by atoms with van der Waals surface area (Å²) in [7, 11) is 3.68. The Balaban J connectivity index is 1.87. The van der Waals surface area contributed by atoms with Gasteiger partial charge in [0, 0.05) is 22.3 Å². The van der Waals surface area contributed by atoms with Crippen molar-refractivity contribution >= 4 is 55.7 Å². The van der Waals surface area contributed by atoms with E-state index in [0.29, 0.717) is 52.0 Å². The molecule has 2 aromatic carbocycles. The first-order valence-corrected chi connectivity index (χ1v) is 11.3. The lowest BCUT2D eigenvalue weighted by atomic mass is 10.1. The SMILES string of the molecule is C=CC(=O)Nc1cc2c(Nc3ccc(Br)cc3F)ncnc2cc1OCCCC(=O)CN(C)C. The molecule has 1 heterocycles. The molecule has 1 aromatic heterocycles. The number of likely N-dealkylation sites (N-methyl/N-ethyl adjacent to an activating group) is 1. The van der Waals surface area contributed by atoms with Crippen LogP contribution in [-0.4, -0.2) is 53.8 Å². The number of carbonyl (C=O) groups is 2. The van der Waals surface area contributed by atoms with Crippen LogP contribution >= 0.6 is 15.9 Å². The summed E-state index contributed by atoms with van der Waals surface area (Å²) in [5, 5.41) is 6.25. The minimum atomic E-state index is -0.454. The van der Waals surface area contributed by atoms with Crippen LogP contribution in [0.2, 0.25) is 0 Å². The van der Waals surface area contributed by atoms with E-state index in [-0.39, 0.29) is 18.1 Å². The fraction of sp³-hybridized carbons (Fsp3) is 0.250. The Labute approximate surface area is 205 Å². The van der Waals surface area contributed by atoms with Gasteiger partial charge in [-0.3, -0.25) is 9.59 Å². The normalized spacial score (nSPS) is 10.9. The van der Waals surface area contributed by atoms with Gasteiger partial charge in [0.1, 0.15) is 29.5 Å². The second-order valence-corrected chi connectivity index (χ2v) is 8.67. The fourth-order valence-electron chi connectivity index (χ4n) is 3.19. The van der Waals surface area contributed by atoms with Crippen molar-refractivity contribution in [2.24, 2.45) is 0 Å². The molecule has 0 saturated carbocycles. The van der Waals surface area contributed by atoms with Crippen molar-refractivity contribution in [1.29, 1.82) is 0 Å². The van der Waals surface area contributed by atoms with Crippen LogP contribution in [0, 0.1) is 5.82 Å². The second-order valence-electron chi connectivity index (χ2n) is 7.76. The molecule has 1 amide bonds. The van der Waals surface area contributed by atoms with Crippen LogP contribution in [0.3, 0.4) is 0 Å². The Bertz CT molecular complexity index is 1220. The zero-order valence-corrected chi connectivity index (χ0v) is 20.5. The van der Waals surface area contributed by atoms with E-state index in [9.17, 15) is 14.0 Å². The molecule has 0 bridgehead atoms. The first kappa shape index (κ1) is 25.3. The number of hydrogen-bond acceptors (Lipinski definition) is 7. The van der Waals surface area contributed by atoms with Crippen molar-refractivity contribution < 1.29 is 18.7 Å². The van der Waals surface area contributed by atoms with Crippen molar-refractivity contribution in [3.63, 3.8) is 0 Å². The molecule has 0 saturated heterocycles. The van der Waals surface area contributed by atoms with Gasteiger partial charge in [0.05, 0.1) is 30.0 Å². The summed E-state index contributed by atoms with van der Waals surface area (Å²) in [5.41, 5.74) is 1.15. The number of ketones is 1. The number of hydrogen-bond donors (Lipinski definition) is 2. The minimum absolute atomic E-state index is 0.121. The monoisotopic (exact) mass is 529 g/mol. The first-order valence-electron chi connectivity index (χ1n) is 10.5. The van der Waals surface area contributed by atoms with Crippen molar-refractivity contribution in [3.05, 3.63) is 59.6 Å². The number of Topliss-reactive ketones (excluding diaryl/α,β-unsaturated/α-hetero) is 1. The van der Waals surface area contributed by atoms with Gasteiger partial charge in [-0.25, -0.2) is 14.4 Å². The van der Waals surface area contributed by atoms with Gasteiger partial charge in [-0.1, -0.05) is 22.5 Å². The van der Waals surface area contributed by atoms with Gasteiger partial charge in [-0.05, 0) is 50.9 Å². The smallest absolute Gasteiger partial charge is 0.247 e. The van der Waals surface area contributed by atoms with Crippen LogP contribution in [-0.2, 0) is 9.59 Å². The fourth-order valence-corrected chi connectivity index (χ4v) is 3.52. The molecule has 0 radical (unpaired) electrons. The molecule has 178 valence electrons. The third-order valence-corrected chi connectivity index (χ3v) is 5.21. The largest absolute Gasteiger partial charge is 0.491 e. The number of amides is 1. The maximum atomic E-state index is 14.3. The molecule has 10 heteroatoms. The van der Waals surface area contributed by atoms with E-state index < -0.39 is 11.7 Å². The molecular formula is C24H25BrFN5O3. The highest BCUT2D eigenvalue weighted by Gasteiger charge is 2.14. The number of nitrogens with zero attached hydrogens (tertiary/aromatic N) is 3. The van der Waals surface area contributed by atoms with E-state index >= 15 is 0 Å². The van der Waals surface area contributed by atoms with Gasteiger partial charge < -0.3 is 20.3 Å². The van der Waals surface area contributed by atoms with E-state index in [0.717, 1.165) is 6.08 Å². The van der Waals surface area contributed by atoms with E-state index in [1.807, 2.05) is 19.0 Å². The van der Waals surface area contributed by atoms with Crippen LogP contribution in [0.25, 0.3) is 10.9 Å². The van der Waals surface area contributed by atoms with E-state index in [2.05, 4.69) is 43.1 Å². The molecule has 34 heavy (non-hydrogen) atoms. The number of rotatable bonds is 11. The van der Waals surface area contributed by atoms with Crippen LogP contribution in [0.15, 0.2) is 53.8 Å². The summed E-state index contributed by atoms with van der Waals surface area (Å²) in [6.45, 7) is 4.14. The predicted molar refractivity (Wildman–Crippen MR) is 134 cm³/mol. The van der Waals surface area contributed by atoms with Gasteiger partial charge in [0.2, 0.25) is 5.91 Å². The van der Waals surface area contributed by atoms with Crippen LogP contribution in [0.1, 0.15) is 12.8 Å². The number of carbonyl (C=O) groups excluding carboxylic acids is 2. The third kappa shape index (κ3) is 6.82. The first-order chi connectivity index (χ1) is 16.3. The van der Waals surface area contributed by atoms with E-state index in [4.69, 9.17) is 4.74 Å². The highest BCUT2D eigenvalue weighted by atomic mass is 79.9. The van der Waals surface area contributed by atoms with Crippen molar-refractivity contribution in [3.8, 4) is 5.75 Å². The lowest BCUT2D eigenvalue weighted by Gasteiger charge is -2.15. The molecule has 0 aliphatic rings. The van der Waals surface area contributed by atoms with Gasteiger partial charge in [0.25, 0.3) is 0 Å². The summed E-state index contributed by atoms with van der Waals surface area (Å²) in [6, 6.07) is 7.96. The molecular weight excluding hydrogens is 505 g/mol. The lowest BCUT2D eigenvalue weighted by Crippen LogP contribution is -2.21. The number of halogens is 2. The molecule has 8 nitrogen and oxygen atoms in total. The van der Waals surface area contributed by atoms with Crippen LogP contribution in [0.5, 0.6) is 5.75 Å². The zero-order valence-electron chi connectivity index (χ0n) is 18.9. The summed E-state index contributed by atoms with van der Waals surface area (Å²) >= 11 is 3.24. The molecule has 0 unspecified atom stereocenters. The summed E-state index contributed by atoms with van der Waals surface area (Å²) in [5.74, 6) is 0.0000698. The molecule has 3 rings (SSSR count). The van der Waals surface area contributed by atoms with Gasteiger partial charge in [-0.2, -0.15) is 0 Å². The van der Waals surface area contributed by atoms with E-state index in [1.54, 1.807) is 24.3 Å². The van der Waals surface area contributed by atoms with Crippen LogP contribution in [0.4, 0.5) is 21.6 Å². The lowest BCUT2D eigenvalue weighted by molar-refractivity contribution is -0.119. The highest BCUT2D eigenvalue weighted by molar-refractivity contribution is 9.10. The van der Waals surface area contributed by atoms with Crippen molar-refractivity contribution in [1.82, 2.24) is 14.9 Å². The average molecular weight is 530 g/mol. The third-order valence-electron chi connectivity index (χ3n) is 4.71. The molecule has 0 atom stereocenters. The molecule has 0 aliphatic carbocycles. The number of ether oxygens (including phenoxy) is 1. The van der Waals surface area contributed by atoms with E-state index in [1.165, 1.54) is 12.4 Å². The second kappa shape index (κ2) is 11.7. The summed E-state index contributed by atoms with van der Waals surface area (Å²) in [4.78, 5) is 34.3. The molecule has 3 aromatic rings. The Hall–Kier alpha value is -3.37. The number of nitrogens with one attached hydrogen (secondary N) is 2. The van der Waals surface area contributed by atoms with Gasteiger partial charge in [-0.15, -0.1) is 0 Å². The summed E-state index contributed by atoms with van der Waals surface area (Å²) < 4.78 is 20.8. The quantitative estimate of drug-likeness (QED) is 0.274. The maximum Gasteiger partial charge on any atom is 0.247 e. The van der Waals surface area contributed by atoms with Gasteiger partial charge in [0.15, 0.2) is 0 Å². The standard InChI is InChI=1S/C24H25BrFN5O3/c1-4-23(33)29-21-11-17-20(12-22(21)34-9-5-6-16(32)13-31(2)3)27-14-28-24(17)30-19-8-7-15(25)10-18(19)26/h4,7-8,10-12,14H,1,5-6,9,13H2,2-3H3,(H,29,33)(H,27,28,30). The maximum absolute atomic E-state index is 14.3. The highest BCUT2D eigenvalue weighted by Crippen LogP contribution is 2.34. The number of anilines is 3. The minimum Gasteiger partial charge on any atom is -0.491 e. The topological polar surface area (TPSA) is 96.5 Å². The van der Waals surface area contributed by atoms with Crippen molar-refractivity contribution in [2.75, 3.05) is 37.9 Å².